The fourth-order valence-corrected chi connectivity index (χ4v) is 2.01. The molecule has 2 heteroatoms. The van der Waals surface area contributed by atoms with Gasteiger partial charge in [0.1, 0.15) is 0 Å². The van der Waals surface area contributed by atoms with Gasteiger partial charge in [-0.2, -0.15) is 12.6 Å². The summed E-state index contributed by atoms with van der Waals surface area (Å²) >= 11 is 5.95. The lowest BCUT2D eigenvalue weighted by Gasteiger charge is -1.98. The minimum atomic E-state index is 0.828. The summed E-state index contributed by atoms with van der Waals surface area (Å²) in [5.41, 5.74) is 1.32. The Balaban J connectivity index is 2.41. The van der Waals surface area contributed by atoms with Crippen molar-refractivity contribution in [3.63, 3.8) is 0 Å². The highest BCUT2D eigenvalue weighted by atomic mass is 32.2. The Morgan fingerprint density at radius 1 is 1.38 bits per heavy atom. The highest BCUT2D eigenvalue weighted by Crippen LogP contribution is 2.18. The van der Waals surface area contributed by atoms with E-state index in [4.69, 9.17) is 0 Å². The molecular formula is C11H14S2. The van der Waals surface area contributed by atoms with Gasteiger partial charge < -0.3 is 0 Å². The second kappa shape index (κ2) is 6.17. The van der Waals surface area contributed by atoms with Gasteiger partial charge in [-0.15, -0.1) is 11.8 Å². The largest absolute Gasteiger partial charge is 0.175 e. The molecule has 0 radical (unpaired) electrons. The van der Waals surface area contributed by atoms with Gasteiger partial charge in [-0.25, -0.2) is 0 Å². The molecule has 1 aromatic carbocycles. The molecule has 0 aliphatic rings. The van der Waals surface area contributed by atoms with Crippen LogP contribution < -0.4 is 0 Å². The van der Waals surface area contributed by atoms with E-state index in [1.807, 2.05) is 11.8 Å². The van der Waals surface area contributed by atoms with Gasteiger partial charge >= 0.3 is 0 Å². The van der Waals surface area contributed by atoms with Gasteiger partial charge in [-0.3, -0.25) is 0 Å². The Morgan fingerprint density at radius 3 is 2.92 bits per heavy atom. The van der Waals surface area contributed by atoms with Crippen molar-refractivity contribution in [2.75, 3.05) is 11.5 Å². The van der Waals surface area contributed by atoms with Crippen LogP contribution in [0.25, 0.3) is 0 Å². The fourth-order valence-electron chi connectivity index (χ4n) is 0.992. The van der Waals surface area contributed by atoms with Gasteiger partial charge in [-0.05, 0) is 19.1 Å². The Hall–Kier alpha value is -0.340. The smallest absolute Gasteiger partial charge is 0.0161 e. The molecule has 1 aromatic rings. The van der Waals surface area contributed by atoms with Crippen LogP contribution in [0.1, 0.15) is 5.56 Å². The van der Waals surface area contributed by atoms with Crippen LogP contribution in [0.5, 0.6) is 0 Å². The van der Waals surface area contributed by atoms with E-state index in [-0.39, 0.29) is 0 Å². The van der Waals surface area contributed by atoms with Gasteiger partial charge in [0.15, 0.2) is 0 Å². The Kier molecular flexibility index (Phi) is 5.09. The third-order valence-corrected chi connectivity index (χ3v) is 2.77. The summed E-state index contributed by atoms with van der Waals surface area (Å²) in [6.07, 6.45) is 4.23. The van der Waals surface area contributed by atoms with Crippen LogP contribution in [0.15, 0.2) is 41.3 Å². The molecule has 0 saturated heterocycles. The predicted molar refractivity (Wildman–Crippen MR) is 64.9 cm³/mol. The van der Waals surface area contributed by atoms with Crippen LogP contribution in [-0.2, 0) is 0 Å². The molecule has 0 aliphatic carbocycles. The van der Waals surface area contributed by atoms with Crippen LogP contribution >= 0.6 is 24.4 Å². The minimum Gasteiger partial charge on any atom is -0.175 e. The molecule has 0 N–H and O–H groups in total. The second-order valence-corrected chi connectivity index (χ2v) is 4.24. The monoisotopic (exact) mass is 210 g/mol. The molecule has 0 atom stereocenters. The normalized spacial score (nSPS) is 10.9. The standard InChI is InChI=1S/C11H14S2/c1-10-5-4-6-11(9-10)13-8-3-2-7-12/h2-6,9,12H,7-8H2,1H3. The maximum Gasteiger partial charge on any atom is 0.0161 e. The van der Waals surface area contributed by atoms with Crippen molar-refractivity contribution in [3.8, 4) is 0 Å². The van der Waals surface area contributed by atoms with Crippen LogP contribution in [-0.4, -0.2) is 11.5 Å². The van der Waals surface area contributed by atoms with E-state index in [0.717, 1.165) is 11.5 Å². The molecule has 0 unspecified atom stereocenters. The number of hydrogen-bond donors (Lipinski definition) is 1. The maximum atomic E-state index is 4.10. The molecule has 0 bridgehead atoms. The lowest BCUT2D eigenvalue weighted by Crippen LogP contribution is -1.76. The number of thiol groups is 1. The molecule has 0 spiro atoms. The fraction of sp³-hybridized carbons (Fsp3) is 0.273. The number of benzene rings is 1. The zero-order chi connectivity index (χ0) is 9.52. The van der Waals surface area contributed by atoms with Crippen LogP contribution in [0.2, 0.25) is 0 Å². The van der Waals surface area contributed by atoms with Crippen molar-refractivity contribution in [2.45, 2.75) is 11.8 Å². The number of aryl methyl sites for hydroxylation is 1. The SMILES string of the molecule is Cc1cccc(SCC=CCS)c1. The van der Waals surface area contributed by atoms with Crippen molar-refractivity contribution in [1.82, 2.24) is 0 Å². The maximum absolute atomic E-state index is 4.10. The molecule has 0 aromatic heterocycles. The quantitative estimate of drug-likeness (QED) is 0.450. The molecule has 0 heterocycles. The summed E-state index contributed by atoms with van der Waals surface area (Å²) < 4.78 is 0. The highest BCUT2D eigenvalue weighted by molar-refractivity contribution is 7.99. The van der Waals surface area contributed by atoms with Crippen molar-refractivity contribution in [3.05, 3.63) is 42.0 Å². The van der Waals surface area contributed by atoms with Crippen molar-refractivity contribution >= 4 is 24.4 Å². The highest BCUT2D eigenvalue weighted by Gasteiger charge is 1.90. The third-order valence-electron chi connectivity index (χ3n) is 1.61. The summed E-state index contributed by atoms with van der Waals surface area (Å²) in [4.78, 5) is 1.34. The van der Waals surface area contributed by atoms with Crippen molar-refractivity contribution < 1.29 is 0 Å². The average Bonchev–Trinajstić information content (AvgIpc) is 2.13. The summed E-state index contributed by atoms with van der Waals surface area (Å²) in [5.74, 6) is 1.86. The Bertz CT molecular complexity index is 279. The lowest BCUT2D eigenvalue weighted by atomic mass is 10.2. The first-order valence-electron chi connectivity index (χ1n) is 4.28. The zero-order valence-corrected chi connectivity index (χ0v) is 9.44. The molecule has 1 rings (SSSR count). The Labute approximate surface area is 89.8 Å². The van der Waals surface area contributed by atoms with E-state index in [2.05, 4.69) is 56.0 Å². The third kappa shape index (κ3) is 4.44. The summed E-state index contributed by atoms with van der Waals surface area (Å²) in [7, 11) is 0. The van der Waals surface area contributed by atoms with Crippen LogP contribution in [0.3, 0.4) is 0 Å². The first-order chi connectivity index (χ1) is 6.33. The average molecular weight is 210 g/mol. The molecule has 0 fully saturated rings. The van der Waals surface area contributed by atoms with E-state index in [1.54, 1.807) is 0 Å². The summed E-state index contributed by atoms with van der Waals surface area (Å²) in [6, 6.07) is 8.57. The van der Waals surface area contributed by atoms with Crippen LogP contribution in [0.4, 0.5) is 0 Å². The van der Waals surface area contributed by atoms with Crippen molar-refractivity contribution in [1.29, 1.82) is 0 Å². The van der Waals surface area contributed by atoms with Crippen LogP contribution in [0, 0.1) is 6.92 Å². The molecule has 0 nitrogen and oxygen atoms in total. The van der Waals surface area contributed by atoms with Gasteiger partial charge in [0.25, 0.3) is 0 Å². The molecule has 13 heavy (non-hydrogen) atoms. The molecular weight excluding hydrogens is 196 g/mol. The van der Waals surface area contributed by atoms with E-state index < -0.39 is 0 Å². The molecule has 0 aliphatic heterocycles. The second-order valence-electron chi connectivity index (χ2n) is 2.78. The van der Waals surface area contributed by atoms with Gasteiger partial charge in [0.05, 0.1) is 0 Å². The first-order valence-corrected chi connectivity index (χ1v) is 5.90. The lowest BCUT2D eigenvalue weighted by molar-refractivity contribution is 1.36. The molecule has 0 saturated carbocycles. The van der Waals surface area contributed by atoms with Gasteiger partial charge in [0.2, 0.25) is 0 Å². The minimum absolute atomic E-state index is 0.828. The van der Waals surface area contributed by atoms with Gasteiger partial charge in [-0.1, -0.05) is 29.8 Å². The predicted octanol–water partition coefficient (Wildman–Crippen LogP) is 3.57. The zero-order valence-electron chi connectivity index (χ0n) is 7.73. The van der Waals surface area contributed by atoms with E-state index in [1.165, 1.54) is 10.5 Å². The summed E-state index contributed by atoms with van der Waals surface area (Å²) in [5, 5.41) is 0. The van der Waals surface area contributed by atoms with E-state index in [0.29, 0.717) is 0 Å². The van der Waals surface area contributed by atoms with Crippen molar-refractivity contribution in [2.24, 2.45) is 0 Å². The first kappa shape index (κ1) is 10.7. The summed E-state index contributed by atoms with van der Waals surface area (Å²) in [6.45, 7) is 2.12. The van der Waals surface area contributed by atoms with Gasteiger partial charge in [0, 0.05) is 16.4 Å². The van der Waals surface area contributed by atoms with E-state index in [9.17, 15) is 0 Å². The molecule has 0 amide bonds. The number of thioether (sulfide) groups is 1. The Morgan fingerprint density at radius 2 is 2.23 bits per heavy atom. The number of hydrogen-bond acceptors (Lipinski definition) is 2. The van der Waals surface area contributed by atoms with E-state index >= 15 is 0 Å². The molecule has 70 valence electrons. The number of rotatable bonds is 4. The topological polar surface area (TPSA) is 0 Å².